The minimum atomic E-state index is -0.163. The van der Waals surface area contributed by atoms with E-state index < -0.39 is 0 Å². The summed E-state index contributed by atoms with van der Waals surface area (Å²) in [4.78, 5) is 25.4. The number of carbonyl (C=O) groups is 1. The summed E-state index contributed by atoms with van der Waals surface area (Å²) in [5.74, 6) is 0.774. The predicted octanol–water partition coefficient (Wildman–Crippen LogP) is 3.35. The van der Waals surface area contributed by atoms with Gasteiger partial charge in [-0.05, 0) is 45.1 Å². The van der Waals surface area contributed by atoms with Gasteiger partial charge >= 0.3 is 5.97 Å². The highest BCUT2D eigenvalue weighted by Gasteiger charge is 2.24. The van der Waals surface area contributed by atoms with E-state index in [-0.39, 0.29) is 12.0 Å². The summed E-state index contributed by atoms with van der Waals surface area (Å²) in [5, 5.41) is 1.19. The van der Waals surface area contributed by atoms with Crippen LogP contribution in [0.3, 0.4) is 0 Å². The van der Waals surface area contributed by atoms with Gasteiger partial charge in [0.2, 0.25) is 0 Å². The van der Waals surface area contributed by atoms with Crippen molar-refractivity contribution in [3.8, 4) is 0 Å². The van der Waals surface area contributed by atoms with E-state index in [4.69, 9.17) is 4.74 Å². The van der Waals surface area contributed by atoms with Crippen molar-refractivity contribution < 1.29 is 9.53 Å². The Hall–Kier alpha value is -1.69. The van der Waals surface area contributed by atoms with E-state index in [0.29, 0.717) is 13.0 Å². The van der Waals surface area contributed by atoms with Gasteiger partial charge < -0.3 is 9.64 Å². The van der Waals surface area contributed by atoms with Gasteiger partial charge in [-0.15, -0.1) is 11.3 Å². The SMILES string of the molecule is CCOC(=O)CC(C)N(C)c1ncnc2sc3c(c12)CCCC3. The molecule has 2 aromatic rings. The van der Waals surface area contributed by atoms with Crippen LogP contribution in [0.1, 0.15) is 43.6 Å². The fraction of sp³-hybridized carbons (Fsp3) is 0.588. The van der Waals surface area contributed by atoms with Crippen molar-refractivity contribution in [2.45, 2.75) is 52.0 Å². The van der Waals surface area contributed by atoms with E-state index in [9.17, 15) is 4.79 Å². The second-order valence-corrected chi connectivity index (χ2v) is 7.14. The normalized spacial score (nSPS) is 15.3. The summed E-state index contributed by atoms with van der Waals surface area (Å²) in [6.45, 7) is 4.28. The monoisotopic (exact) mass is 333 g/mol. The van der Waals surface area contributed by atoms with Crippen molar-refractivity contribution in [1.82, 2.24) is 9.97 Å². The molecule has 0 aromatic carbocycles. The summed E-state index contributed by atoms with van der Waals surface area (Å²) in [6.07, 6.45) is 6.75. The van der Waals surface area contributed by atoms with Crippen molar-refractivity contribution in [2.75, 3.05) is 18.6 Å². The van der Waals surface area contributed by atoms with Gasteiger partial charge in [0.15, 0.2) is 0 Å². The largest absolute Gasteiger partial charge is 0.466 e. The van der Waals surface area contributed by atoms with Gasteiger partial charge in [-0.25, -0.2) is 9.97 Å². The van der Waals surface area contributed by atoms with Crippen LogP contribution in [0.15, 0.2) is 6.33 Å². The molecule has 0 amide bonds. The summed E-state index contributed by atoms with van der Waals surface area (Å²) >= 11 is 1.80. The second-order valence-electron chi connectivity index (χ2n) is 6.06. The fourth-order valence-electron chi connectivity index (χ4n) is 3.15. The highest BCUT2D eigenvalue weighted by Crippen LogP contribution is 2.39. The van der Waals surface area contributed by atoms with Gasteiger partial charge in [0, 0.05) is 18.0 Å². The Morgan fingerprint density at radius 1 is 1.39 bits per heavy atom. The number of aromatic nitrogens is 2. The van der Waals surface area contributed by atoms with Crippen LogP contribution in [-0.4, -0.2) is 35.6 Å². The number of fused-ring (bicyclic) bond motifs is 3. The van der Waals surface area contributed by atoms with E-state index in [1.807, 2.05) is 20.9 Å². The third-order valence-electron chi connectivity index (χ3n) is 4.49. The molecule has 0 saturated heterocycles. The van der Waals surface area contributed by atoms with Crippen molar-refractivity contribution in [2.24, 2.45) is 0 Å². The zero-order valence-electron chi connectivity index (χ0n) is 14.0. The minimum Gasteiger partial charge on any atom is -0.466 e. The highest BCUT2D eigenvalue weighted by atomic mass is 32.1. The number of nitrogens with zero attached hydrogens (tertiary/aromatic N) is 3. The Morgan fingerprint density at radius 2 is 2.17 bits per heavy atom. The van der Waals surface area contributed by atoms with E-state index in [2.05, 4.69) is 14.9 Å². The topological polar surface area (TPSA) is 55.3 Å². The molecule has 1 aliphatic rings. The number of ether oxygens (including phenoxy) is 1. The fourth-order valence-corrected chi connectivity index (χ4v) is 4.37. The number of thiophene rings is 1. The third kappa shape index (κ3) is 3.17. The molecule has 1 unspecified atom stereocenters. The zero-order valence-corrected chi connectivity index (χ0v) is 14.8. The van der Waals surface area contributed by atoms with Crippen LogP contribution in [0.4, 0.5) is 5.82 Å². The van der Waals surface area contributed by atoms with Crippen LogP contribution in [0.5, 0.6) is 0 Å². The zero-order chi connectivity index (χ0) is 16.4. The first-order chi connectivity index (χ1) is 11.1. The molecule has 6 heteroatoms. The molecule has 2 aromatic heterocycles. The van der Waals surface area contributed by atoms with Crippen LogP contribution < -0.4 is 4.90 Å². The maximum Gasteiger partial charge on any atom is 0.307 e. The van der Waals surface area contributed by atoms with Gasteiger partial charge in [0.25, 0.3) is 0 Å². The van der Waals surface area contributed by atoms with Crippen LogP contribution in [0, 0.1) is 0 Å². The number of aryl methyl sites for hydroxylation is 2. The summed E-state index contributed by atoms with van der Waals surface area (Å²) in [6, 6.07) is 0.0336. The first kappa shape index (κ1) is 16.2. The number of rotatable bonds is 5. The van der Waals surface area contributed by atoms with E-state index >= 15 is 0 Å². The lowest BCUT2D eigenvalue weighted by Crippen LogP contribution is -2.32. The Kier molecular flexibility index (Phi) is 4.80. The van der Waals surface area contributed by atoms with Crippen LogP contribution in [0.25, 0.3) is 10.2 Å². The number of hydrogen-bond donors (Lipinski definition) is 0. The quantitative estimate of drug-likeness (QED) is 0.786. The molecule has 0 bridgehead atoms. The molecule has 0 fully saturated rings. The van der Waals surface area contributed by atoms with Crippen LogP contribution in [0.2, 0.25) is 0 Å². The van der Waals surface area contributed by atoms with Gasteiger partial charge in [0.1, 0.15) is 17.0 Å². The Balaban J connectivity index is 1.92. The first-order valence-corrected chi connectivity index (χ1v) is 9.07. The molecule has 0 N–H and O–H groups in total. The third-order valence-corrected chi connectivity index (χ3v) is 5.69. The standard InChI is InChI=1S/C17H23N3O2S/c1-4-22-14(21)9-11(2)20(3)16-15-12-7-5-6-8-13(12)23-17(15)19-10-18-16/h10-11H,4-9H2,1-3H3. The molecule has 23 heavy (non-hydrogen) atoms. The second kappa shape index (κ2) is 6.83. The van der Waals surface area contributed by atoms with Gasteiger partial charge in [0.05, 0.1) is 18.4 Å². The van der Waals surface area contributed by atoms with Gasteiger partial charge in [-0.3, -0.25) is 4.79 Å². The molecule has 3 rings (SSSR count). The molecular formula is C17H23N3O2S. The summed E-state index contributed by atoms with van der Waals surface area (Å²) in [5.41, 5.74) is 1.42. The first-order valence-electron chi connectivity index (χ1n) is 8.25. The lowest BCUT2D eigenvalue weighted by molar-refractivity contribution is -0.143. The van der Waals surface area contributed by atoms with Crippen LogP contribution >= 0.6 is 11.3 Å². The number of anilines is 1. The molecule has 124 valence electrons. The lowest BCUT2D eigenvalue weighted by Gasteiger charge is -2.26. The molecule has 5 nitrogen and oxygen atoms in total. The minimum absolute atomic E-state index is 0.0336. The molecule has 0 radical (unpaired) electrons. The Labute approximate surface area is 140 Å². The van der Waals surface area contributed by atoms with E-state index in [1.54, 1.807) is 17.7 Å². The van der Waals surface area contributed by atoms with Gasteiger partial charge in [-0.2, -0.15) is 0 Å². The van der Waals surface area contributed by atoms with Gasteiger partial charge in [-0.1, -0.05) is 0 Å². The van der Waals surface area contributed by atoms with Crippen molar-refractivity contribution in [3.63, 3.8) is 0 Å². The number of esters is 1. The average molecular weight is 333 g/mol. The predicted molar refractivity (Wildman–Crippen MR) is 93.2 cm³/mol. The van der Waals surface area contributed by atoms with Crippen molar-refractivity contribution in [1.29, 1.82) is 0 Å². The summed E-state index contributed by atoms with van der Waals surface area (Å²) < 4.78 is 5.07. The molecule has 2 heterocycles. The Bertz CT molecular complexity index is 713. The Morgan fingerprint density at radius 3 is 2.96 bits per heavy atom. The molecule has 1 atom stereocenters. The summed E-state index contributed by atoms with van der Waals surface area (Å²) in [7, 11) is 2.00. The maximum absolute atomic E-state index is 11.8. The van der Waals surface area contributed by atoms with Crippen LogP contribution in [-0.2, 0) is 22.4 Å². The van der Waals surface area contributed by atoms with E-state index in [1.165, 1.54) is 28.7 Å². The van der Waals surface area contributed by atoms with Crippen molar-refractivity contribution >= 4 is 33.3 Å². The molecule has 0 saturated carbocycles. The molecule has 1 aliphatic carbocycles. The smallest absolute Gasteiger partial charge is 0.307 e. The average Bonchev–Trinajstić information content (AvgIpc) is 2.92. The molecule has 0 aliphatic heterocycles. The molecular weight excluding hydrogens is 310 g/mol. The maximum atomic E-state index is 11.8. The highest BCUT2D eigenvalue weighted by molar-refractivity contribution is 7.19. The van der Waals surface area contributed by atoms with E-state index in [0.717, 1.165) is 23.5 Å². The van der Waals surface area contributed by atoms with Crippen molar-refractivity contribution in [3.05, 3.63) is 16.8 Å². The lowest BCUT2D eigenvalue weighted by atomic mass is 9.97. The number of hydrogen-bond acceptors (Lipinski definition) is 6. The number of carbonyl (C=O) groups excluding carboxylic acids is 1. The molecule has 0 spiro atoms.